The highest BCUT2D eigenvalue weighted by atomic mass is 35.5. The number of anilines is 1. The van der Waals surface area contributed by atoms with Gasteiger partial charge in [0.05, 0.1) is 16.1 Å². The zero-order valence-electron chi connectivity index (χ0n) is 13.6. The van der Waals surface area contributed by atoms with Crippen molar-refractivity contribution in [2.75, 3.05) is 19.4 Å². The number of alkyl halides is 3. The molecule has 2 aromatic carbocycles. The van der Waals surface area contributed by atoms with E-state index in [1.807, 2.05) is 0 Å². The van der Waals surface area contributed by atoms with E-state index < -0.39 is 33.4 Å². The lowest BCUT2D eigenvalue weighted by molar-refractivity contribution is -0.136. The molecule has 0 aliphatic heterocycles. The van der Waals surface area contributed by atoms with Crippen molar-refractivity contribution in [3.8, 4) is 0 Å². The highest BCUT2D eigenvalue weighted by Gasteiger charge is 2.34. The van der Waals surface area contributed by atoms with Crippen LogP contribution in [0.25, 0.3) is 0 Å². The molecule has 1 N–H and O–H groups in total. The van der Waals surface area contributed by atoms with Crippen LogP contribution in [-0.2, 0) is 16.2 Å². The summed E-state index contributed by atoms with van der Waals surface area (Å²) in [4.78, 5) is 12.2. The number of carbonyl (C=O) groups is 1. The van der Waals surface area contributed by atoms with Crippen molar-refractivity contribution in [1.29, 1.82) is 0 Å². The van der Waals surface area contributed by atoms with Gasteiger partial charge in [0, 0.05) is 24.7 Å². The summed E-state index contributed by atoms with van der Waals surface area (Å²) in [5.74, 6) is -0.813. The molecule has 0 radical (unpaired) electrons. The van der Waals surface area contributed by atoms with Crippen LogP contribution in [0.4, 0.5) is 18.9 Å². The van der Waals surface area contributed by atoms with Gasteiger partial charge in [-0.05, 0) is 42.5 Å². The number of carbonyl (C=O) groups excluding carboxylic acids is 1. The van der Waals surface area contributed by atoms with E-state index >= 15 is 0 Å². The highest BCUT2D eigenvalue weighted by molar-refractivity contribution is 7.89. The van der Waals surface area contributed by atoms with Crippen LogP contribution < -0.4 is 5.32 Å². The average molecular weight is 407 g/mol. The van der Waals surface area contributed by atoms with Gasteiger partial charge in [0.25, 0.3) is 5.91 Å². The molecule has 0 bridgehead atoms. The molecule has 0 aliphatic rings. The smallest absolute Gasteiger partial charge is 0.321 e. The summed E-state index contributed by atoms with van der Waals surface area (Å²) in [7, 11) is -0.958. The standard InChI is InChI=1S/C16H14ClF3N2O3S/c1-22(2)26(24,25)12-6-3-10(4-7-12)15(23)21-14-8-5-11(17)9-13(14)16(18,19)20/h3-9H,1-2H3,(H,21,23). The second kappa shape index (κ2) is 7.26. The first-order valence-electron chi connectivity index (χ1n) is 7.13. The third-order valence-electron chi connectivity index (χ3n) is 3.43. The van der Waals surface area contributed by atoms with Gasteiger partial charge in [-0.2, -0.15) is 13.2 Å². The zero-order valence-corrected chi connectivity index (χ0v) is 15.2. The van der Waals surface area contributed by atoms with E-state index in [9.17, 15) is 26.4 Å². The first-order chi connectivity index (χ1) is 11.9. The fourth-order valence-corrected chi connectivity index (χ4v) is 3.12. The lowest BCUT2D eigenvalue weighted by atomic mass is 10.1. The van der Waals surface area contributed by atoms with Crippen LogP contribution in [0.1, 0.15) is 15.9 Å². The maximum Gasteiger partial charge on any atom is 0.418 e. The van der Waals surface area contributed by atoms with Crippen molar-refractivity contribution in [2.24, 2.45) is 0 Å². The summed E-state index contributed by atoms with van der Waals surface area (Å²) < 4.78 is 64.1. The van der Waals surface area contributed by atoms with Crippen LogP contribution in [0.2, 0.25) is 5.02 Å². The van der Waals surface area contributed by atoms with Gasteiger partial charge in [-0.1, -0.05) is 11.6 Å². The van der Waals surface area contributed by atoms with Crippen molar-refractivity contribution < 1.29 is 26.4 Å². The molecule has 0 aliphatic carbocycles. The van der Waals surface area contributed by atoms with Gasteiger partial charge in [-0.25, -0.2) is 12.7 Å². The molecule has 0 fully saturated rings. The van der Waals surface area contributed by atoms with Crippen molar-refractivity contribution >= 4 is 33.2 Å². The van der Waals surface area contributed by atoms with Gasteiger partial charge < -0.3 is 5.32 Å². The van der Waals surface area contributed by atoms with Crippen LogP contribution in [0.5, 0.6) is 0 Å². The van der Waals surface area contributed by atoms with Crippen LogP contribution in [-0.4, -0.2) is 32.7 Å². The Morgan fingerprint density at radius 2 is 1.65 bits per heavy atom. The summed E-state index contributed by atoms with van der Waals surface area (Å²) in [6.07, 6.45) is -4.70. The Labute approximate surface area is 153 Å². The van der Waals surface area contributed by atoms with Crippen LogP contribution >= 0.6 is 11.6 Å². The lowest BCUT2D eigenvalue weighted by Crippen LogP contribution is -2.22. The summed E-state index contributed by atoms with van der Waals surface area (Å²) in [6, 6.07) is 7.83. The van der Waals surface area contributed by atoms with Gasteiger partial charge in [0.2, 0.25) is 10.0 Å². The highest BCUT2D eigenvalue weighted by Crippen LogP contribution is 2.36. The molecule has 0 heterocycles. The predicted molar refractivity (Wildman–Crippen MR) is 91.7 cm³/mol. The Morgan fingerprint density at radius 3 is 2.15 bits per heavy atom. The Bertz CT molecular complexity index is 927. The minimum atomic E-state index is -4.70. The molecule has 10 heteroatoms. The molecule has 0 unspecified atom stereocenters. The molecule has 0 saturated heterocycles. The minimum absolute atomic E-state index is 0.00535. The largest absolute Gasteiger partial charge is 0.418 e. The normalized spacial score (nSPS) is 12.3. The molecule has 0 spiro atoms. The number of nitrogens with one attached hydrogen (secondary N) is 1. The first-order valence-corrected chi connectivity index (χ1v) is 8.95. The molecule has 5 nitrogen and oxygen atoms in total. The number of rotatable bonds is 4. The molecule has 140 valence electrons. The number of nitrogens with zero attached hydrogens (tertiary/aromatic N) is 1. The average Bonchev–Trinajstić information content (AvgIpc) is 2.55. The van der Waals surface area contributed by atoms with Crippen molar-refractivity contribution in [2.45, 2.75) is 11.1 Å². The minimum Gasteiger partial charge on any atom is -0.321 e. The quantitative estimate of drug-likeness (QED) is 0.838. The first kappa shape index (κ1) is 20.2. The monoisotopic (exact) mass is 406 g/mol. The Morgan fingerprint density at radius 1 is 1.08 bits per heavy atom. The summed E-state index contributed by atoms with van der Waals surface area (Å²) in [5, 5.41) is 2.05. The molecular formula is C16H14ClF3N2O3S. The lowest BCUT2D eigenvalue weighted by Gasteiger charge is -2.14. The number of hydrogen-bond donors (Lipinski definition) is 1. The third-order valence-corrected chi connectivity index (χ3v) is 5.49. The number of benzene rings is 2. The topological polar surface area (TPSA) is 66.5 Å². The molecule has 0 aromatic heterocycles. The maximum absolute atomic E-state index is 13.1. The summed E-state index contributed by atoms with van der Waals surface area (Å²) >= 11 is 5.59. The van der Waals surface area contributed by atoms with E-state index in [-0.39, 0.29) is 15.5 Å². The zero-order chi connectivity index (χ0) is 19.7. The Kier molecular flexibility index (Phi) is 5.64. The number of halogens is 4. The van der Waals surface area contributed by atoms with Crippen molar-refractivity contribution in [3.05, 3.63) is 58.6 Å². The molecule has 0 atom stereocenters. The van der Waals surface area contributed by atoms with Crippen LogP contribution in [0.3, 0.4) is 0 Å². The second-order valence-corrected chi connectivity index (χ2v) is 8.04. The number of amides is 1. The van der Waals surface area contributed by atoms with E-state index in [1.165, 1.54) is 44.4 Å². The molecule has 1 amide bonds. The van der Waals surface area contributed by atoms with E-state index in [2.05, 4.69) is 5.32 Å². The van der Waals surface area contributed by atoms with Gasteiger partial charge in [-0.15, -0.1) is 0 Å². The van der Waals surface area contributed by atoms with Crippen LogP contribution in [0.15, 0.2) is 47.4 Å². The molecular weight excluding hydrogens is 393 g/mol. The summed E-state index contributed by atoms with van der Waals surface area (Å²) in [6.45, 7) is 0. The van der Waals surface area contributed by atoms with Gasteiger partial charge in [0.15, 0.2) is 0 Å². The predicted octanol–water partition coefficient (Wildman–Crippen LogP) is 3.86. The van der Waals surface area contributed by atoms with E-state index in [4.69, 9.17) is 11.6 Å². The van der Waals surface area contributed by atoms with E-state index in [1.54, 1.807) is 0 Å². The Balaban J connectivity index is 2.30. The maximum atomic E-state index is 13.1. The number of sulfonamides is 1. The molecule has 26 heavy (non-hydrogen) atoms. The second-order valence-electron chi connectivity index (χ2n) is 5.45. The third kappa shape index (κ3) is 4.35. The van der Waals surface area contributed by atoms with Crippen molar-refractivity contribution in [3.63, 3.8) is 0 Å². The number of hydrogen-bond acceptors (Lipinski definition) is 3. The fourth-order valence-electron chi connectivity index (χ4n) is 2.04. The Hall–Kier alpha value is -2.10. The summed E-state index contributed by atoms with van der Waals surface area (Å²) in [5.41, 5.74) is -1.52. The van der Waals surface area contributed by atoms with Crippen LogP contribution in [0, 0.1) is 0 Å². The van der Waals surface area contributed by atoms with Gasteiger partial charge >= 0.3 is 6.18 Å². The molecule has 0 saturated carbocycles. The molecule has 2 aromatic rings. The van der Waals surface area contributed by atoms with E-state index in [0.29, 0.717) is 6.07 Å². The van der Waals surface area contributed by atoms with Gasteiger partial charge in [-0.3, -0.25) is 4.79 Å². The van der Waals surface area contributed by atoms with E-state index in [0.717, 1.165) is 10.4 Å². The fraction of sp³-hybridized carbons (Fsp3) is 0.188. The SMILES string of the molecule is CN(C)S(=O)(=O)c1ccc(C(=O)Nc2ccc(Cl)cc2C(F)(F)F)cc1. The van der Waals surface area contributed by atoms with Crippen molar-refractivity contribution in [1.82, 2.24) is 4.31 Å². The molecule has 2 rings (SSSR count). The van der Waals surface area contributed by atoms with Gasteiger partial charge in [0.1, 0.15) is 0 Å².